The maximum atomic E-state index is 11.9. The van der Waals surface area contributed by atoms with Gasteiger partial charge in [0.15, 0.2) is 6.29 Å². The first-order chi connectivity index (χ1) is 15.5. The SMILES string of the molecule is C[C@H](CC(C=O)OC1CCCCO1)[C@H]1CC[C@H]2[C@@H]3CC=C4CCCC[C@]4(C)[C@H]3CC[C@]12C. The molecule has 0 spiro atoms. The molecule has 5 aliphatic rings. The van der Waals surface area contributed by atoms with Crippen molar-refractivity contribution < 1.29 is 14.3 Å². The molecule has 5 rings (SSSR count). The molecule has 0 amide bonds. The summed E-state index contributed by atoms with van der Waals surface area (Å²) in [6, 6.07) is 0. The zero-order valence-electron chi connectivity index (χ0n) is 20.8. The molecular weight excluding hydrogens is 396 g/mol. The molecule has 0 bridgehead atoms. The third kappa shape index (κ3) is 3.94. The highest BCUT2D eigenvalue weighted by Crippen LogP contribution is 2.67. The topological polar surface area (TPSA) is 35.5 Å². The summed E-state index contributed by atoms with van der Waals surface area (Å²) in [5.74, 6) is 3.90. The van der Waals surface area contributed by atoms with Gasteiger partial charge in [-0.2, -0.15) is 0 Å². The van der Waals surface area contributed by atoms with Crippen molar-refractivity contribution in [2.75, 3.05) is 6.61 Å². The molecule has 0 aromatic heterocycles. The van der Waals surface area contributed by atoms with E-state index in [0.717, 1.165) is 62.2 Å². The Morgan fingerprint density at radius 3 is 2.75 bits per heavy atom. The molecule has 0 N–H and O–H groups in total. The first-order valence-electron chi connectivity index (χ1n) is 13.9. The number of hydrogen-bond acceptors (Lipinski definition) is 3. The lowest BCUT2D eigenvalue weighted by atomic mass is 9.47. The molecule has 1 heterocycles. The third-order valence-corrected chi connectivity index (χ3v) is 11.0. The van der Waals surface area contributed by atoms with Gasteiger partial charge in [-0.25, -0.2) is 0 Å². The fraction of sp³-hybridized carbons (Fsp3) is 0.897. The van der Waals surface area contributed by atoms with Crippen LogP contribution in [-0.2, 0) is 14.3 Å². The van der Waals surface area contributed by atoms with Crippen molar-refractivity contribution in [3.8, 4) is 0 Å². The number of fused-ring (bicyclic) bond motifs is 5. The van der Waals surface area contributed by atoms with E-state index in [1.807, 2.05) is 5.57 Å². The van der Waals surface area contributed by atoms with Crippen LogP contribution in [-0.4, -0.2) is 25.3 Å². The number of rotatable bonds is 6. The smallest absolute Gasteiger partial charge is 0.158 e. The molecule has 32 heavy (non-hydrogen) atoms. The highest BCUT2D eigenvalue weighted by molar-refractivity contribution is 5.56. The normalized spacial score (nSPS) is 45.7. The minimum Gasteiger partial charge on any atom is -0.353 e. The molecule has 0 aromatic carbocycles. The Morgan fingerprint density at radius 1 is 1.09 bits per heavy atom. The quantitative estimate of drug-likeness (QED) is 0.325. The second-order valence-electron chi connectivity index (χ2n) is 12.5. The molecule has 4 aliphatic carbocycles. The number of allylic oxidation sites excluding steroid dienone is 2. The Balaban J connectivity index is 1.27. The maximum Gasteiger partial charge on any atom is 0.158 e. The molecular formula is C29H46O3. The molecule has 1 aliphatic heterocycles. The molecule has 180 valence electrons. The average molecular weight is 443 g/mol. The van der Waals surface area contributed by atoms with Gasteiger partial charge in [-0.1, -0.05) is 38.8 Å². The molecule has 4 fully saturated rings. The Bertz CT molecular complexity index is 709. The maximum absolute atomic E-state index is 11.9. The van der Waals surface area contributed by atoms with Crippen LogP contribution in [0.5, 0.6) is 0 Å². The predicted molar refractivity (Wildman–Crippen MR) is 128 cm³/mol. The summed E-state index contributed by atoms with van der Waals surface area (Å²) in [5.41, 5.74) is 2.74. The van der Waals surface area contributed by atoms with Crippen LogP contribution in [0, 0.1) is 40.4 Å². The van der Waals surface area contributed by atoms with Crippen LogP contribution >= 0.6 is 0 Å². The van der Waals surface area contributed by atoms with Gasteiger partial charge in [0.05, 0.1) is 0 Å². The zero-order valence-corrected chi connectivity index (χ0v) is 20.8. The van der Waals surface area contributed by atoms with Crippen molar-refractivity contribution in [3.63, 3.8) is 0 Å². The number of carbonyl (C=O) groups is 1. The van der Waals surface area contributed by atoms with Crippen LogP contribution in [0.15, 0.2) is 11.6 Å². The summed E-state index contributed by atoms with van der Waals surface area (Å²) in [6.45, 7) is 8.40. The summed E-state index contributed by atoms with van der Waals surface area (Å²) < 4.78 is 11.8. The van der Waals surface area contributed by atoms with Crippen LogP contribution < -0.4 is 0 Å². The summed E-state index contributed by atoms with van der Waals surface area (Å²) in [7, 11) is 0. The van der Waals surface area contributed by atoms with E-state index in [-0.39, 0.29) is 12.4 Å². The van der Waals surface area contributed by atoms with Crippen LogP contribution in [0.2, 0.25) is 0 Å². The van der Waals surface area contributed by atoms with Crippen molar-refractivity contribution in [2.45, 2.75) is 117 Å². The summed E-state index contributed by atoms with van der Waals surface area (Å²) in [5, 5.41) is 0. The molecule has 3 saturated carbocycles. The molecule has 9 atom stereocenters. The van der Waals surface area contributed by atoms with E-state index in [1.54, 1.807) is 0 Å². The predicted octanol–water partition coefficient (Wildman–Crippen LogP) is 7.09. The molecule has 2 unspecified atom stereocenters. The van der Waals surface area contributed by atoms with Crippen LogP contribution in [0.25, 0.3) is 0 Å². The van der Waals surface area contributed by atoms with Crippen molar-refractivity contribution >= 4 is 6.29 Å². The van der Waals surface area contributed by atoms with Crippen molar-refractivity contribution in [1.29, 1.82) is 0 Å². The number of aldehydes is 1. The molecule has 3 nitrogen and oxygen atoms in total. The van der Waals surface area contributed by atoms with E-state index < -0.39 is 0 Å². The van der Waals surface area contributed by atoms with E-state index in [9.17, 15) is 4.79 Å². The second kappa shape index (κ2) is 9.17. The monoisotopic (exact) mass is 442 g/mol. The summed E-state index contributed by atoms with van der Waals surface area (Å²) in [4.78, 5) is 11.9. The van der Waals surface area contributed by atoms with E-state index in [1.165, 1.54) is 57.8 Å². The average Bonchev–Trinajstić information content (AvgIpc) is 3.16. The van der Waals surface area contributed by atoms with Crippen molar-refractivity contribution in [3.05, 3.63) is 11.6 Å². The van der Waals surface area contributed by atoms with E-state index in [2.05, 4.69) is 26.8 Å². The fourth-order valence-electron chi connectivity index (χ4n) is 9.36. The van der Waals surface area contributed by atoms with Gasteiger partial charge in [-0.3, -0.25) is 0 Å². The Labute approximate surface area is 196 Å². The minimum atomic E-state index is -0.312. The lowest BCUT2D eigenvalue weighted by Crippen LogP contribution is -2.50. The Hall–Kier alpha value is -0.670. The van der Waals surface area contributed by atoms with Crippen molar-refractivity contribution in [2.24, 2.45) is 40.4 Å². The number of ether oxygens (including phenoxy) is 2. The van der Waals surface area contributed by atoms with Gasteiger partial charge in [0.2, 0.25) is 0 Å². The van der Waals surface area contributed by atoms with Gasteiger partial charge < -0.3 is 14.3 Å². The second-order valence-corrected chi connectivity index (χ2v) is 12.5. The number of carbonyl (C=O) groups excluding carboxylic acids is 1. The van der Waals surface area contributed by atoms with Gasteiger partial charge in [-0.15, -0.1) is 0 Å². The minimum absolute atomic E-state index is 0.173. The molecule has 0 radical (unpaired) electrons. The largest absolute Gasteiger partial charge is 0.353 e. The molecule has 1 saturated heterocycles. The summed E-state index contributed by atoms with van der Waals surface area (Å²) >= 11 is 0. The summed E-state index contributed by atoms with van der Waals surface area (Å²) in [6.07, 6.45) is 19.8. The van der Waals surface area contributed by atoms with Gasteiger partial charge in [0, 0.05) is 6.61 Å². The van der Waals surface area contributed by atoms with Crippen LogP contribution in [0.4, 0.5) is 0 Å². The number of hydrogen-bond donors (Lipinski definition) is 0. The standard InChI is InChI=1S/C29H46O3/c1-20(18-22(19-30)32-27-9-5-7-17-31-27)24-12-13-25-23-11-10-21-8-4-6-15-28(21,2)26(23)14-16-29(24,25)3/h10,19-20,22-27H,4-9,11-18H2,1-3H3/t20-,22?,23+,24-,25+,26+,27?,28+,29-/m1/s1. The first kappa shape index (κ1) is 23.1. The lowest BCUT2D eigenvalue weighted by molar-refractivity contribution is -0.190. The third-order valence-electron chi connectivity index (χ3n) is 11.0. The van der Waals surface area contributed by atoms with E-state index in [0.29, 0.717) is 16.7 Å². The van der Waals surface area contributed by atoms with Gasteiger partial charge in [0.25, 0.3) is 0 Å². The van der Waals surface area contributed by atoms with Crippen LogP contribution in [0.3, 0.4) is 0 Å². The van der Waals surface area contributed by atoms with Gasteiger partial charge in [0.1, 0.15) is 12.4 Å². The van der Waals surface area contributed by atoms with Crippen LogP contribution in [0.1, 0.15) is 104 Å². The molecule has 0 aromatic rings. The fourth-order valence-corrected chi connectivity index (χ4v) is 9.36. The zero-order chi connectivity index (χ0) is 22.3. The molecule has 3 heteroatoms. The highest BCUT2D eigenvalue weighted by atomic mass is 16.7. The van der Waals surface area contributed by atoms with Gasteiger partial charge in [-0.05, 0) is 117 Å². The lowest BCUT2D eigenvalue weighted by Gasteiger charge is -2.58. The Kier molecular flexibility index (Phi) is 6.62. The highest BCUT2D eigenvalue weighted by Gasteiger charge is 2.58. The van der Waals surface area contributed by atoms with Gasteiger partial charge >= 0.3 is 0 Å². The van der Waals surface area contributed by atoms with E-state index in [4.69, 9.17) is 9.47 Å². The van der Waals surface area contributed by atoms with Crippen molar-refractivity contribution in [1.82, 2.24) is 0 Å². The van der Waals surface area contributed by atoms with E-state index >= 15 is 0 Å². The first-order valence-corrected chi connectivity index (χ1v) is 13.9. The Morgan fingerprint density at radius 2 is 1.97 bits per heavy atom.